The molecule has 150 valence electrons. The lowest BCUT2D eigenvalue weighted by Crippen LogP contribution is -2.24. The number of aryl methyl sites for hydroxylation is 1. The largest absolute Gasteiger partial charge is 0.416 e. The molecule has 1 fully saturated rings. The Kier molecular flexibility index (Phi) is 4.60. The van der Waals surface area contributed by atoms with Gasteiger partial charge in [-0.1, -0.05) is 17.3 Å². The minimum atomic E-state index is -4.42. The van der Waals surface area contributed by atoms with Crippen molar-refractivity contribution < 1.29 is 26.9 Å². The van der Waals surface area contributed by atoms with Crippen LogP contribution in [0.15, 0.2) is 47.0 Å². The van der Waals surface area contributed by atoms with Gasteiger partial charge < -0.3 is 9.42 Å². The standard InChI is InChI=1S/C20H15F4N3O2/c1-11-8-15(6-7-16(11)21)27-10-13(9-17(27)28)19-25-18(26-29-19)12-2-4-14(5-3-12)20(22,23)24/h2-8,13H,9-10H2,1H3. The third-order valence-corrected chi connectivity index (χ3v) is 4.84. The van der Waals surface area contributed by atoms with Crippen molar-refractivity contribution in [2.24, 2.45) is 0 Å². The molecule has 1 unspecified atom stereocenters. The van der Waals surface area contributed by atoms with E-state index < -0.39 is 11.7 Å². The number of amides is 1. The summed E-state index contributed by atoms with van der Waals surface area (Å²) in [6, 6.07) is 8.86. The number of halogens is 4. The topological polar surface area (TPSA) is 59.2 Å². The molecule has 1 amide bonds. The lowest BCUT2D eigenvalue weighted by Gasteiger charge is -2.16. The van der Waals surface area contributed by atoms with Crippen LogP contribution in [0.25, 0.3) is 11.4 Å². The summed E-state index contributed by atoms with van der Waals surface area (Å²) in [6.07, 6.45) is -4.28. The highest BCUT2D eigenvalue weighted by molar-refractivity contribution is 5.96. The van der Waals surface area contributed by atoms with Gasteiger partial charge >= 0.3 is 6.18 Å². The number of nitrogens with zero attached hydrogens (tertiary/aromatic N) is 3. The van der Waals surface area contributed by atoms with E-state index in [4.69, 9.17) is 4.52 Å². The summed E-state index contributed by atoms with van der Waals surface area (Å²) in [5, 5.41) is 3.82. The van der Waals surface area contributed by atoms with Crippen LogP contribution in [0.1, 0.15) is 29.4 Å². The van der Waals surface area contributed by atoms with Gasteiger partial charge in [0.2, 0.25) is 17.6 Å². The van der Waals surface area contributed by atoms with Gasteiger partial charge in [-0.25, -0.2) is 4.39 Å². The molecule has 1 aromatic heterocycles. The lowest BCUT2D eigenvalue weighted by atomic mass is 10.1. The number of carbonyl (C=O) groups is 1. The van der Waals surface area contributed by atoms with Crippen LogP contribution in [0.2, 0.25) is 0 Å². The molecular formula is C20H15F4N3O2. The molecule has 9 heteroatoms. The number of carbonyl (C=O) groups excluding carboxylic acids is 1. The van der Waals surface area contributed by atoms with E-state index in [0.29, 0.717) is 23.4 Å². The quantitative estimate of drug-likeness (QED) is 0.592. The van der Waals surface area contributed by atoms with Gasteiger partial charge in [0.15, 0.2) is 0 Å². The van der Waals surface area contributed by atoms with Crippen LogP contribution in [-0.2, 0) is 11.0 Å². The summed E-state index contributed by atoms with van der Waals surface area (Å²) >= 11 is 0. The molecule has 2 aromatic carbocycles. The van der Waals surface area contributed by atoms with Gasteiger partial charge in [0.05, 0.1) is 11.5 Å². The highest BCUT2D eigenvalue weighted by Crippen LogP contribution is 2.33. The van der Waals surface area contributed by atoms with Gasteiger partial charge in [0.1, 0.15) is 5.82 Å². The van der Waals surface area contributed by atoms with Crippen molar-refractivity contribution in [1.29, 1.82) is 0 Å². The smallest absolute Gasteiger partial charge is 0.339 e. The molecule has 1 aliphatic heterocycles. The molecule has 0 spiro atoms. The molecular weight excluding hydrogens is 390 g/mol. The summed E-state index contributed by atoms with van der Waals surface area (Å²) in [4.78, 5) is 18.2. The van der Waals surface area contributed by atoms with Crippen molar-refractivity contribution in [3.63, 3.8) is 0 Å². The number of hydrogen-bond donors (Lipinski definition) is 0. The number of benzene rings is 2. The molecule has 0 N–H and O–H groups in total. The van der Waals surface area contributed by atoms with E-state index in [1.807, 2.05) is 0 Å². The number of rotatable bonds is 3. The first-order valence-corrected chi connectivity index (χ1v) is 8.80. The molecule has 5 nitrogen and oxygen atoms in total. The van der Waals surface area contributed by atoms with E-state index in [1.54, 1.807) is 13.0 Å². The monoisotopic (exact) mass is 405 g/mol. The van der Waals surface area contributed by atoms with E-state index in [0.717, 1.165) is 12.1 Å². The average molecular weight is 405 g/mol. The van der Waals surface area contributed by atoms with Gasteiger partial charge in [-0.15, -0.1) is 0 Å². The number of alkyl halides is 3. The van der Waals surface area contributed by atoms with Crippen LogP contribution in [0.4, 0.5) is 23.2 Å². The Morgan fingerprint density at radius 1 is 1.14 bits per heavy atom. The fourth-order valence-electron chi connectivity index (χ4n) is 3.25. The first-order chi connectivity index (χ1) is 13.7. The average Bonchev–Trinajstić information content (AvgIpc) is 3.30. The van der Waals surface area contributed by atoms with Crippen LogP contribution in [0.3, 0.4) is 0 Å². The SMILES string of the molecule is Cc1cc(N2CC(c3nc(-c4ccc(C(F)(F)F)cc4)no3)CC2=O)ccc1F. The summed E-state index contributed by atoms with van der Waals surface area (Å²) in [7, 11) is 0. The van der Waals surface area contributed by atoms with Gasteiger partial charge in [0, 0.05) is 24.2 Å². The fourth-order valence-corrected chi connectivity index (χ4v) is 3.25. The summed E-state index contributed by atoms with van der Waals surface area (Å²) in [5.41, 5.74) is 0.625. The maximum atomic E-state index is 13.5. The zero-order valence-electron chi connectivity index (χ0n) is 15.2. The van der Waals surface area contributed by atoms with Gasteiger partial charge in [-0.05, 0) is 42.8 Å². The van der Waals surface area contributed by atoms with Crippen molar-refractivity contribution in [2.75, 3.05) is 11.4 Å². The molecule has 1 atom stereocenters. The highest BCUT2D eigenvalue weighted by atomic mass is 19.4. The Balaban J connectivity index is 1.52. The number of aromatic nitrogens is 2. The molecule has 4 rings (SSSR count). The summed E-state index contributed by atoms with van der Waals surface area (Å²) in [6.45, 7) is 1.91. The number of anilines is 1. The van der Waals surface area contributed by atoms with Crippen LogP contribution in [-0.4, -0.2) is 22.6 Å². The molecule has 0 bridgehead atoms. The molecule has 1 aliphatic rings. The second-order valence-electron chi connectivity index (χ2n) is 6.87. The van der Waals surface area contributed by atoms with Crippen LogP contribution in [0.5, 0.6) is 0 Å². The van der Waals surface area contributed by atoms with Crippen molar-refractivity contribution >= 4 is 11.6 Å². The maximum absolute atomic E-state index is 13.5. The Hall–Kier alpha value is -3.23. The van der Waals surface area contributed by atoms with E-state index in [9.17, 15) is 22.4 Å². The second-order valence-corrected chi connectivity index (χ2v) is 6.87. The molecule has 29 heavy (non-hydrogen) atoms. The van der Waals surface area contributed by atoms with E-state index in [2.05, 4.69) is 10.1 Å². The summed E-state index contributed by atoms with van der Waals surface area (Å²) < 4.78 is 56.8. The van der Waals surface area contributed by atoms with Gasteiger partial charge in [-0.3, -0.25) is 4.79 Å². The van der Waals surface area contributed by atoms with Gasteiger partial charge in [-0.2, -0.15) is 18.2 Å². The minimum Gasteiger partial charge on any atom is -0.339 e. The minimum absolute atomic E-state index is 0.144. The molecule has 0 saturated carbocycles. The highest BCUT2D eigenvalue weighted by Gasteiger charge is 2.35. The summed E-state index contributed by atoms with van der Waals surface area (Å²) in [5.74, 6) is -0.485. The molecule has 0 aliphatic carbocycles. The Morgan fingerprint density at radius 3 is 2.52 bits per heavy atom. The van der Waals surface area contributed by atoms with Crippen LogP contribution < -0.4 is 4.90 Å². The van der Waals surface area contributed by atoms with Crippen molar-refractivity contribution in [2.45, 2.75) is 25.4 Å². The third-order valence-electron chi connectivity index (χ3n) is 4.84. The van der Waals surface area contributed by atoms with Crippen molar-refractivity contribution in [1.82, 2.24) is 10.1 Å². The molecule has 3 aromatic rings. The molecule has 0 radical (unpaired) electrons. The normalized spacial score (nSPS) is 17.2. The first kappa shape index (κ1) is 19.1. The van der Waals surface area contributed by atoms with Gasteiger partial charge in [0.25, 0.3) is 0 Å². The fraction of sp³-hybridized carbons (Fsp3) is 0.250. The second kappa shape index (κ2) is 6.98. The zero-order chi connectivity index (χ0) is 20.8. The lowest BCUT2D eigenvalue weighted by molar-refractivity contribution is -0.137. The van der Waals surface area contributed by atoms with Crippen LogP contribution in [0, 0.1) is 12.7 Å². The number of hydrogen-bond acceptors (Lipinski definition) is 4. The first-order valence-electron chi connectivity index (χ1n) is 8.80. The Morgan fingerprint density at radius 2 is 1.86 bits per heavy atom. The maximum Gasteiger partial charge on any atom is 0.416 e. The van der Waals surface area contributed by atoms with Crippen molar-refractivity contribution in [3.05, 3.63) is 65.3 Å². The predicted octanol–water partition coefficient (Wildman–Crippen LogP) is 4.72. The van der Waals surface area contributed by atoms with Crippen molar-refractivity contribution in [3.8, 4) is 11.4 Å². The Labute approximate surface area is 162 Å². The van der Waals surface area contributed by atoms with Crippen LogP contribution >= 0.6 is 0 Å². The third kappa shape index (κ3) is 3.72. The zero-order valence-corrected chi connectivity index (χ0v) is 15.2. The van der Waals surface area contributed by atoms with E-state index in [-0.39, 0.29) is 35.8 Å². The van der Waals surface area contributed by atoms with E-state index >= 15 is 0 Å². The van der Waals surface area contributed by atoms with E-state index in [1.165, 1.54) is 29.2 Å². The Bertz CT molecular complexity index is 1060. The molecule has 2 heterocycles. The predicted molar refractivity (Wildman–Crippen MR) is 95.6 cm³/mol. The molecule has 1 saturated heterocycles.